The zero-order chi connectivity index (χ0) is 12.1. The van der Waals surface area contributed by atoms with Gasteiger partial charge in [0.15, 0.2) is 0 Å². The molecule has 1 N–H and O–H groups in total. The Kier molecular flexibility index (Phi) is 4.11. The number of methoxy groups -OCH3 is 1. The molecule has 0 saturated carbocycles. The molecule has 0 radical (unpaired) electrons. The van der Waals surface area contributed by atoms with Crippen molar-refractivity contribution in [3.63, 3.8) is 0 Å². The second-order valence-corrected chi connectivity index (χ2v) is 4.61. The van der Waals surface area contributed by atoms with E-state index in [0.29, 0.717) is 6.61 Å². The molecule has 0 aliphatic carbocycles. The van der Waals surface area contributed by atoms with Crippen LogP contribution in [0.5, 0.6) is 0 Å². The van der Waals surface area contributed by atoms with Gasteiger partial charge in [0.25, 0.3) is 0 Å². The molecule has 5 nitrogen and oxygen atoms in total. The number of hydrogen-bond donors (Lipinski definition) is 1. The lowest BCUT2D eigenvalue weighted by Gasteiger charge is -2.02. The van der Waals surface area contributed by atoms with E-state index in [0.717, 1.165) is 24.6 Å². The summed E-state index contributed by atoms with van der Waals surface area (Å²) >= 11 is 1.66. The molecule has 2 aromatic rings. The molecule has 6 heteroatoms. The van der Waals surface area contributed by atoms with E-state index in [1.165, 1.54) is 4.88 Å². The van der Waals surface area contributed by atoms with Crippen LogP contribution >= 0.6 is 11.3 Å². The third-order valence-electron chi connectivity index (χ3n) is 2.44. The van der Waals surface area contributed by atoms with E-state index >= 15 is 0 Å². The minimum atomic E-state index is 0.676. The third kappa shape index (κ3) is 3.28. The first-order valence-electron chi connectivity index (χ1n) is 5.45. The molecule has 0 aliphatic heterocycles. The van der Waals surface area contributed by atoms with Gasteiger partial charge in [0.05, 0.1) is 30.9 Å². The van der Waals surface area contributed by atoms with Gasteiger partial charge in [-0.25, -0.2) is 4.98 Å². The number of ether oxygens (including phenoxy) is 1. The number of aryl methyl sites for hydroxylation is 1. The van der Waals surface area contributed by atoms with E-state index in [2.05, 4.69) is 15.4 Å². The van der Waals surface area contributed by atoms with Crippen LogP contribution in [0.15, 0.2) is 17.8 Å². The Balaban J connectivity index is 1.87. The van der Waals surface area contributed by atoms with E-state index in [4.69, 9.17) is 4.74 Å². The minimum Gasteiger partial charge on any atom is -0.383 e. The molecule has 2 aromatic heterocycles. The van der Waals surface area contributed by atoms with Gasteiger partial charge in [-0.2, -0.15) is 5.10 Å². The molecule has 0 atom stereocenters. The molecule has 0 aromatic carbocycles. The van der Waals surface area contributed by atoms with Gasteiger partial charge in [-0.3, -0.25) is 4.68 Å². The number of aromatic nitrogens is 3. The van der Waals surface area contributed by atoms with Gasteiger partial charge in [-0.05, 0) is 6.92 Å². The van der Waals surface area contributed by atoms with E-state index in [-0.39, 0.29) is 0 Å². The zero-order valence-corrected chi connectivity index (χ0v) is 10.8. The summed E-state index contributed by atoms with van der Waals surface area (Å²) in [6.45, 7) is 4.25. The van der Waals surface area contributed by atoms with Gasteiger partial charge in [0, 0.05) is 24.3 Å². The predicted molar refractivity (Wildman–Crippen MR) is 68.3 cm³/mol. The third-order valence-corrected chi connectivity index (χ3v) is 3.38. The Hall–Kier alpha value is -1.40. The van der Waals surface area contributed by atoms with Gasteiger partial charge in [-0.1, -0.05) is 0 Å². The Bertz CT molecular complexity index is 465. The highest BCUT2D eigenvalue weighted by molar-refractivity contribution is 7.09. The Morgan fingerprint density at radius 2 is 2.41 bits per heavy atom. The van der Waals surface area contributed by atoms with Crippen molar-refractivity contribution in [2.75, 3.05) is 19.0 Å². The second-order valence-electron chi connectivity index (χ2n) is 3.67. The maximum atomic E-state index is 5.00. The smallest absolute Gasteiger partial charge is 0.148 e. The number of rotatable bonds is 6. The topological polar surface area (TPSA) is 52.0 Å². The Morgan fingerprint density at radius 3 is 3.12 bits per heavy atom. The van der Waals surface area contributed by atoms with Crippen molar-refractivity contribution in [3.8, 4) is 0 Å². The molecule has 0 unspecified atom stereocenters. The summed E-state index contributed by atoms with van der Waals surface area (Å²) in [4.78, 5) is 5.46. The SMILES string of the molecule is COCCn1ccc(NCc2scnc2C)n1. The Morgan fingerprint density at radius 1 is 1.53 bits per heavy atom. The van der Waals surface area contributed by atoms with Crippen LogP contribution in [-0.2, 0) is 17.8 Å². The standard InChI is InChI=1S/C11H16N4OS/c1-9-10(17-8-13-9)7-12-11-3-4-15(14-11)5-6-16-2/h3-4,8H,5-7H2,1-2H3,(H,12,14). The lowest BCUT2D eigenvalue weighted by Crippen LogP contribution is -2.06. The van der Waals surface area contributed by atoms with E-state index in [1.54, 1.807) is 18.4 Å². The van der Waals surface area contributed by atoms with Crippen molar-refractivity contribution in [2.45, 2.75) is 20.0 Å². The van der Waals surface area contributed by atoms with E-state index < -0.39 is 0 Å². The van der Waals surface area contributed by atoms with Gasteiger partial charge >= 0.3 is 0 Å². The molecule has 0 amide bonds. The largest absolute Gasteiger partial charge is 0.383 e. The molecule has 0 saturated heterocycles. The van der Waals surface area contributed by atoms with Crippen molar-refractivity contribution < 1.29 is 4.74 Å². The average molecular weight is 252 g/mol. The molecule has 0 bridgehead atoms. The fraction of sp³-hybridized carbons (Fsp3) is 0.455. The summed E-state index contributed by atoms with van der Waals surface area (Å²) in [6.07, 6.45) is 1.95. The fourth-order valence-corrected chi connectivity index (χ4v) is 2.15. The first kappa shape index (κ1) is 12.1. The molecule has 17 heavy (non-hydrogen) atoms. The van der Waals surface area contributed by atoms with Crippen LogP contribution in [0.4, 0.5) is 5.82 Å². The summed E-state index contributed by atoms with van der Waals surface area (Å²) in [5, 5.41) is 7.67. The monoisotopic (exact) mass is 252 g/mol. The molecule has 2 heterocycles. The quantitative estimate of drug-likeness (QED) is 0.853. The van der Waals surface area contributed by atoms with Crippen LogP contribution in [-0.4, -0.2) is 28.5 Å². The minimum absolute atomic E-state index is 0.676. The highest BCUT2D eigenvalue weighted by atomic mass is 32.1. The van der Waals surface area contributed by atoms with Crippen molar-refractivity contribution in [1.82, 2.24) is 14.8 Å². The summed E-state index contributed by atoms with van der Waals surface area (Å²) in [7, 11) is 1.69. The van der Waals surface area contributed by atoms with Crippen LogP contribution in [0.3, 0.4) is 0 Å². The maximum absolute atomic E-state index is 5.00. The van der Waals surface area contributed by atoms with Crippen molar-refractivity contribution >= 4 is 17.2 Å². The van der Waals surface area contributed by atoms with Crippen LogP contribution < -0.4 is 5.32 Å². The molecular weight excluding hydrogens is 236 g/mol. The number of nitrogens with zero attached hydrogens (tertiary/aromatic N) is 3. The summed E-state index contributed by atoms with van der Waals surface area (Å²) in [6, 6.07) is 1.96. The molecule has 92 valence electrons. The number of anilines is 1. The summed E-state index contributed by atoms with van der Waals surface area (Å²) in [5.74, 6) is 0.883. The molecule has 0 aliphatic rings. The van der Waals surface area contributed by atoms with Crippen LogP contribution in [0.1, 0.15) is 10.6 Å². The van der Waals surface area contributed by atoms with Crippen molar-refractivity contribution in [3.05, 3.63) is 28.3 Å². The molecule has 0 fully saturated rings. The second kappa shape index (κ2) is 5.79. The maximum Gasteiger partial charge on any atom is 0.148 e. The zero-order valence-electron chi connectivity index (χ0n) is 10.0. The summed E-state index contributed by atoms with van der Waals surface area (Å²) < 4.78 is 6.87. The van der Waals surface area contributed by atoms with Crippen molar-refractivity contribution in [2.24, 2.45) is 0 Å². The first-order valence-corrected chi connectivity index (χ1v) is 6.33. The number of nitrogens with one attached hydrogen (secondary N) is 1. The Labute approximate surface area is 104 Å². The van der Waals surface area contributed by atoms with Gasteiger partial charge in [0.2, 0.25) is 0 Å². The highest BCUT2D eigenvalue weighted by Gasteiger charge is 2.02. The first-order chi connectivity index (χ1) is 8.29. The summed E-state index contributed by atoms with van der Waals surface area (Å²) in [5.41, 5.74) is 2.95. The van der Waals surface area contributed by atoms with Gasteiger partial charge in [-0.15, -0.1) is 11.3 Å². The average Bonchev–Trinajstić information content (AvgIpc) is 2.93. The molecular formula is C11H16N4OS. The highest BCUT2D eigenvalue weighted by Crippen LogP contribution is 2.14. The van der Waals surface area contributed by atoms with E-state index in [1.807, 2.05) is 29.4 Å². The van der Waals surface area contributed by atoms with Crippen LogP contribution in [0.25, 0.3) is 0 Å². The molecule has 0 spiro atoms. The fourth-order valence-electron chi connectivity index (χ4n) is 1.43. The predicted octanol–water partition coefficient (Wildman–Crippen LogP) is 1.91. The van der Waals surface area contributed by atoms with E-state index in [9.17, 15) is 0 Å². The lowest BCUT2D eigenvalue weighted by molar-refractivity contribution is 0.183. The van der Waals surface area contributed by atoms with Crippen LogP contribution in [0, 0.1) is 6.92 Å². The van der Waals surface area contributed by atoms with Crippen LogP contribution in [0.2, 0.25) is 0 Å². The molecule has 2 rings (SSSR count). The lowest BCUT2D eigenvalue weighted by atomic mass is 10.4. The number of hydrogen-bond acceptors (Lipinski definition) is 5. The van der Waals surface area contributed by atoms with Crippen molar-refractivity contribution in [1.29, 1.82) is 0 Å². The normalized spacial score (nSPS) is 10.7. The van der Waals surface area contributed by atoms with Gasteiger partial charge in [0.1, 0.15) is 5.82 Å². The van der Waals surface area contributed by atoms with Gasteiger partial charge < -0.3 is 10.1 Å². The number of thiazole rings is 1.